The molecule has 142 valence electrons. The Morgan fingerprint density at radius 2 is 1.85 bits per heavy atom. The lowest BCUT2D eigenvalue weighted by Crippen LogP contribution is -2.15. The smallest absolute Gasteiger partial charge is 0.396 e. The second-order valence-electron chi connectivity index (χ2n) is 5.42. The lowest BCUT2D eigenvalue weighted by atomic mass is 10.2. The van der Waals surface area contributed by atoms with Crippen molar-refractivity contribution in [2.75, 3.05) is 23.8 Å². The Kier molecular flexibility index (Phi) is 7.31. The van der Waals surface area contributed by atoms with E-state index in [2.05, 4.69) is 20.6 Å². The Hall–Kier alpha value is -1.77. The third-order valence-electron chi connectivity index (χ3n) is 3.40. The predicted molar refractivity (Wildman–Crippen MR) is 96.2 cm³/mol. The van der Waals surface area contributed by atoms with Crippen LogP contribution >= 0.6 is 23.2 Å². The van der Waals surface area contributed by atoms with Gasteiger partial charge in [0.25, 0.3) is 0 Å². The number of alkyl halides is 3. The van der Waals surface area contributed by atoms with E-state index in [0.717, 1.165) is 6.20 Å². The van der Waals surface area contributed by atoms with Crippen molar-refractivity contribution in [3.8, 4) is 0 Å². The van der Waals surface area contributed by atoms with E-state index in [-0.39, 0.29) is 18.4 Å². The predicted octanol–water partition coefficient (Wildman–Crippen LogP) is 5.12. The molecule has 10 heteroatoms. The first-order chi connectivity index (χ1) is 12.3. The van der Waals surface area contributed by atoms with Crippen molar-refractivity contribution in [1.82, 2.24) is 9.97 Å². The van der Waals surface area contributed by atoms with Crippen LogP contribution in [-0.2, 0) is 6.18 Å². The molecule has 0 saturated carbocycles. The quantitative estimate of drug-likeness (QED) is 0.528. The topological polar surface area (TPSA) is 70.1 Å². The number of nitrogens with zero attached hydrogens (tertiary/aromatic N) is 2. The Bertz CT molecular complexity index is 744. The van der Waals surface area contributed by atoms with Crippen LogP contribution in [0.5, 0.6) is 0 Å². The molecule has 0 aliphatic rings. The summed E-state index contributed by atoms with van der Waals surface area (Å²) in [6.45, 7) is 0.353. The summed E-state index contributed by atoms with van der Waals surface area (Å²) in [5.41, 5.74) is -0.451. The van der Waals surface area contributed by atoms with E-state index in [4.69, 9.17) is 28.3 Å². The van der Waals surface area contributed by atoms with Gasteiger partial charge >= 0.3 is 6.18 Å². The Labute approximate surface area is 158 Å². The normalized spacial score (nSPS) is 11.5. The van der Waals surface area contributed by atoms with Gasteiger partial charge in [0.2, 0.25) is 5.95 Å². The number of aliphatic hydroxyl groups excluding tert-OH is 1. The van der Waals surface area contributed by atoms with E-state index >= 15 is 0 Å². The maximum Gasteiger partial charge on any atom is 0.421 e. The van der Waals surface area contributed by atoms with Crippen LogP contribution in [0.3, 0.4) is 0 Å². The molecular weight excluding hydrogens is 392 g/mol. The van der Waals surface area contributed by atoms with Crippen LogP contribution in [0.25, 0.3) is 0 Å². The molecule has 0 amide bonds. The van der Waals surface area contributed by atoms with Crippen LogP contribution in [0.4, 0.5) is 30.6 Å². The highest BCUT2D eigenvalue weighted by Gasteiger charge is 2.35. The Morgan fingerprint density at radius 3 is 2.50 bits per heavy atom. The molecule has 1 aromatic heterocycles. The summed E-state index contributed by atoms with van der Waals surface area (Å²) in [6.07, 6.45) is -1.94. The fraction of sp³-hybridized carbons (Fsp3) is 0.375. The number of aliphatic hydroxyl groups is 1. The van der Waals surface area contributed by atoms with Crippen LogP contribution in [0.15, 0.2) is 24.4 Å². The first-order valence-corrected chi connectivity index (χ1v) is 8.58. The average molecular weight is 409 g/mol. The van der Waals surface area contributed by atoms with Crippen molar-refractivity contribution in [3.05, 3.63) is 40.0 Å². The zero-order valence-electron chi connectivity index (χ0n) is 13.6. The van der Waals surface area contributed by atoms with Crippen molar-refractivity contribution < 1.29 is 18.3 Å². The Balaban J connectivity index is 2.17. The van der Waals surface area contributed by atoms with Crippen molar-refractivity contribution in [1.29, 1.82) is 0 Å². The molecule has 1 heterocycles. The minimum atomic E-state index is -4.57. The molecule has 1 aromatic carbocycles. The largest absolute Gasteiger partial charge is 0.421 e. The lowest BCUT2D eigenvalue weighted by Gasteiger charge is -2.15. The highest BCUT2D eigenvalue weighted by atomic mass is 35.5. The van der Waals surface area contributed by atoms with E-state index in [0.29, 0.717) is 41.5 Å². The molecule has 0 saturated heterocycles. The lowest BCUT2D eigenvalue weighted by molar-refractivity contribution is -0.137. The number of nitrogens with one attached hydrogen (secondary N) is 2. The fourth-order valence-corrected chi connectivity index (χ4v) is 2.41. The summed E-state index contributed by atoms with van der Waals surface area (Å²) in [5, 5.41) is 14.9. The monoisotopic (exact) mass is 408 g/mol. The summed E-state index contributed by atoms with van der Waals surface area (Å²) in [6, 6.07) is 4.68. The first kappa shape index (κ1) is 20.5. The highest BCUT2D eigenvalue weighted by molar-refractivity contribution is 6.42. The summed E-state index contributed by atoms with van der Waals surface area (Å²) >= 11 is 11.7. The maximum absolute atomic E-state index is 13.1. The molecule has 0 atom stereocenters. The van der Waals surface area contributed by atoms with E-state index < -0.39 is 11.7 Å². The second-order valence-corrected chi connectivity index (χ2v) is 6.23. The van der Waals surface area contributed by atoms with E-state index in [1.54, 1.807) is 12.1 Å². The summed E-state index contributed by atoms with van der Waals surface area (Å²) in [5.74, 6) is -0.312. The molecule has 0 spiro atoms. The molecule has 0 bridgehead atoms. The van der Waals surface area contributed by atoms with E-state index in [1.807, 2.05) is 0 Å². The van der Waals surface area contributed by atoms with Crippen LogP contribution < -0.4 is 10.6 Å². The van der Waals surface area contributed by atoms with Gasteiger partial charge in [0.05, 0.1) is 10.0 Å². The maximum atomic E-state index is 13.1. The molecule has 0 aliphatic heterocycles. The van der Waals surface area contributed by atoms with Crippen LogP contribution in [0.2, 0.25) is 10.0 Å². The third kappa shape index (κ3) is 5.89. The van der Waals surface area contributed by atoms with Gasteiger partial charge in [0.1, 0.15) is 11.4 Å². The van der Waals surface area contributed by atoms with Crippen LogP contribution in [-0.4, -0.2) is 28.2 Å². The third-order valence-corrected chi connectivity index (χ3v) is 4.14. The molecule has 2 aromatic rings. The van der Waals surface area contributed by atoms with Gasteiger partial charge in [-0.3, -0.25) is 0 Å². The number of aromatic nitrogens is 2. The summed E-state index contributed by atoms with van der Waals surface area (Å²) < 4.78 is 39.4. The molecule has 0 unspecified atom stereocenters. The SMILES string of the molecule is OCCCCCNc1nc(Nc2ccc(Cl)c(Cl)c2)ncc1C(F)(F)F. The van der Waals surface area contributed by atoms with Gasteiger partial charge in [0.15, 0.2) is 0 Å². The molecular formula is C16H17Cl2F3N4O. The van der Waals surface area contributed by atoms with E-state index in [1.165, 1.54) is 6.07 Å². The number of anilines is 3. The fourth-order valence-electron chi connectivity index (χ4n) is 2.11. The number of rotatable bonds is 8. The number of benzene rings is 1. The van der Waals surface area contributed by atoms with Gasteiger partial charge in [-0.15, -0.1) is 0 Å². The first-order valence-electron chi connectivity index (χ1n) is 7.82. The van der Waals surface area contributed by atoms with Gasteiger partial charge in [0, 0.05) is 25.0 Å². The standard InChI is InChI=1S/C16H17Cl2F3N4O/c17-12-5-4-10(8-13(12)18)24-15-23-9-11(16(19,20)21)14(25-15)22-6-2-1-3-7-26/h4-5,8-9,26H,1-3,6-7H2,(H2,22,23,24,25). The molecule has 3 N–H and O–H groups in total. The molecule has 26 heavy (non-hydrogen) atoms. The highest BCUT2D eigenvalue weighted by Crippen LogP contribution is 2.34. The minimum Gasteiger partial charge on any atom is -0.396 e. The van der Waals surface area contributed by atoms with Crippen LogP contribution in [0, 0.1) is 0 Å². The summed E-state index contributed by atoms with van der Waals surface area (Å²) in [7, 11) is 0. The molecule has 0 radical (unpaired) electrons. The molecule has 5 nitrogen and oxygen atoms in total. The molecule has 0 fully saturated rings. The van der Waals surface area contributed by atoms with Gasteiger partial charge in [-0.05, 0) is 37.5 Å². The zero-order chi connectivity index (χ0) is 19.2. The van der Waals surface area contributed by atoms with Gasteiger partial charge in [-0.1, -0.05) is 23.2 Å². The van der Waals surface area contributed by atoms with E-state index in [9.17, 15) is 13.2 Å². The summed E-state index contributed by atoms with van der Waals surface area (Å²) in [4.78, 5) is 7.65. The Morgan fingerprint density at radius 1 is 1.08 bits per heavy atom. The number of hydrogen-bond donors (Lipinski definition) is 3. The van der Waals surface area contributed by atoms with Crippen molar-refractivity contribution in [3.63, 3.8) is 0 Å². The molecule has 2 rings (SSSR count). The molecule has 0 aliphatic carbocycles. The zero-order valence-corrected chi connectivity index (χ0v) is 15.1. The van der Waals surface area contributed by atoms with Gasteiger partial charge in [-0.25, -0.2) is 4.98 Å². The number of hydrogen-bond acceptors (Lipinski definition) is 5. The van der Waals surface area contributed by atoms with Crippen molar-refractivity contribution >= 4 is 40.7 Å². The average Bonchev–Trinajstić information content (AvgIpc) is 2.57. The minimum absolute atomic E-state index is 0.00533. The van der Waals surface area contributed by atoms with Gasteiger partial charge < -0.3 is 15.7 Å². The number of halogens is 5. The van der Waals surface area contributed by atoms with Crippen molar-refractivity contribution in [2.24, 2.45) is 0 Å². The number of unbranched alkanes of at least 4 members (excludes halogenated alkanes) is 2. The van der Waals surface area contributed by atoms with Gasteiger partial charge in [-0.2, -0.15) is 18.2 Å². The van der Waals surface area contributed by atoms with Crippen LogP contribution in [0.1, 0.15) is 24.8 Å². The van der Waals surface area contributed by atoms with Crippen molar-refractivity contribution in [2.45, 2.75) is 25.4 Å². The second kappa shape index (κ2) is 9.25.